The van der Waals surface area contributed by atoms with Crippen molar-refractivity contribution in [2.24, 2.45) is 11.8 Å². The van der Waals surface area contributed by atoms with Crippen molar-refractivity contribution in [2.45, 2.75) is 13.8 Å². The minimum absolute atomic E-state index is 0.0418. The Balaban J connectivity index is 2.56. The van der Waals surface area contributed by atoms with Gasteiger partial charge in [0.1, 0.15) is 6.33 Å². The summed E-state index contributed by atoms with van der Waals surface area (Å²) < 4.78 is 0. The molecule has 0 aliphatic rings. The third-order valence-corrected chi connectivity index (χ3v) is 2.43. The maximum absolute atomic E-state index is 11.6. The number of hydrogen-bond acceptors (Lipinski definition) is 4. The monoisotopic (exact) mass is 237 g/mol. The number of nitrogens with one attached hydrogen (secondary N) is 1. The molecule has 17 heavy (non-hydrogen) atoms. The summed E-state index contributed by atoms with van der Waals surface area (Å²) in [6.45, 7) is 3.70. The van der Waals surface area contributed by atoms with E-state index < -0.39 is 11.9 Å². The van der Waals surface area contributed by atoms with Crippen LogP contribution in [0.1, 0.15) is 24.2 Å². The molecule has 0 saturated carbocycles. The van der Waals surface area contributed by atoms with Gasteiger partial charge in [0, 0.05) is 18.9 Å². The standard InChI is InChI=1S/C11H15N3O3/c1-7(2)9(11(16)17)5-14-10(15)8-3-12-6-13-4-8/h3-4,6-7,9H,5H2,1-2H3,(H,14,15)(H,16,17). The highest BCUT2D eigenvalue weighted by Crippen LogP contribution is 2.09. The number of carboxylic acids is 1. The van der Waals surface area contributed by atoms with Gasteiger partial charge >= 0.3 is 5.97 Å². The van der Waals surface area contributed by atoms with Crippen LogP contribution >= 0.6 is 0 Å². The second-order valence-corrected chi connectivity index (χ2v) is 4.03. The van der Waals surface area contributed by atoms with Crippen LogP contribution < -0.4 is 5.32 Å². The normalized spacial score (nSPS) is 12.2. The summed E-state index contributed by atoms with van der Waals surface area (Å²) in [6, 6.07) is 0. The molecular formula is C11H15N3O3. The van der Waals surface area contributed by atoms with Crippen LogP contribution in [0.4, 0.5) is 0 Å². The second-order valence-electron chi connectivity index (χ2n) is 4.03. The predicted octanol–water partition coefficient (Wildman–Crippen LogP) is 0.563. The van der Waals surface area contributed by atoms with Crippen LogP contribution in [0, 0.1) is 11.8 Å². The van der Waals surface area contributed by atoms with Crippen LogP contribution in [0.15, 0.2) is 18.7 Å². The number of nitrogens with zero attached hydrogens (tertiary/aromatic N) is 2. The highest BCUT2D eigenvalue weighted by molar-refractivity contribution is 5.93. The molecule has 6 heteroatoms. The molecule has 1 heterocycles. The van der Waals surface area contributed by atoms with E-state index in [1.807, 2.05) is 0 Å². The Morgan fingerprint density at radius 3 is 2.41 bits per heavy atom. The molecule has 92 valence electrons. The van der Waals surface area contributed by atoms with Crippen LogP contribution in [0.25, 0.3) is 0 Å². The molecular weight excluding hydrogens is 222 g/mol. The first kappa shape index (κ1) is 13.1. The third-order valence-electron chi connectivity index (χ3n) is 2.43. The summed E-state index contributed by atoms with van der Waals surface area (Å²) >= 11 is 0. The van der Waals surface area contributed by atoms with Gasteiger partial charge in [-0.05, 0) is 5.92 Å². The van der Waals surface area contributed by atoms with E-state index in [1.165, 1.54) is 18.7 Å². The fraction of sp³-hybridized carbons (Fsp3) is 0.455. The highest BCUT2D eigenvalue weighted by atomic mass is 16.4. The van der Waals surface area contributed by atoms with Crippen molar-refractivity contribution in [3.8, 4) is 0 Å². The minimum atomic E-state index is -0.912. The average Bonchev–Trinajstić information content (AvgIpc) is 2.29. The van der Waals surface area contributed by atoms with Crippen molar-refractivity contribution in [2.75, 3.05) is 6.54 Å². The molecule has 0 saturated heterocycles. The zero-order valence-electron chi connectivity index (χ0n) is 9.75. The van der Waals surface area contributed by atoms with E-state index in [4.69, 9.17) is 5.11 Å². The number of aromatic nitrogens is 2. The van der Waals surface area contributed by atoms with Gasteiger partial charge in [-0.3, -0.25) is 9.59 Å². The van der Waals surface area contributed by atoms with E-state index in [-0.39, 0.29) is 18.4 Å². The molecule has 1 aromatic rings. The predicted molar refractivity (Wildman–Crippen MR) is 60.3 cm³/mol. The van der Waals surface area contributed by atoms with E-state index in [0.29, 0.717) is 5.56 Å². The van der Waals surface area contributed by atoms with Gasteiger partial charge in [-0.15, -0.1) is 0 Å². The molecule has 0 radical (unpaired) electrons. The highest BCUT2D eigenvalue weighted by Gasteiger charge is 2.22. The molecule has 0 bridgehead atoms. The molecule has 0 spiro atoms. The van der Waals surface area contributed by atoms with Crippen molar-refractivity contribution >= 4 is 11.9 Å². The van der Waals surface area contributed by atoms with Crippen molar-refractivity contribution in [3.63, 3.8) is 0 Å². The Bertz CT molecular complexity index is 392. The van der Waals surface area contributed by atoms with Crippen molar-refractivity contribution in [1.29, 1.82) is 0 Å². The van der Waals surface area contributed by atoms with Crippen LogP contribution in [-0.4, -0.2) is 33.5 Å². The summed E-state index contributed by atoms with van der Waals surface area (Å²) in [5, 5.41) is 11.5. The van der Waals surface area contributed by atoms with Crippen molar-refractivity contribution in [1.82, 2.24) is 15.3 Å². The van der Waals surface area contributed by atoms with E-state index in [0.717, 1.165) is 0 Å². The maximum Gasteiger partial charge on any atom is 0.308 e. The zero-order chi connectivity index (χ0) is 12.8. The lowest BCUT2D eigenvalue weighted by Gasteiger charge is -2.16. The Hall–Kier alpha value is -1.98. The lowest BCUT2D eigenvalue weighted by atomic mass is 9.96. The Morgan fingerprint density at radius 2 is 1.94 bits per heavy atom. The van der Waals surface area contributed by atoms with Crippen molar-refractivity contribution < 1.29 is 14.7 Å². The summed E-state index contributed by atoms with van der Waals surface area (Å²) in [7, 11) is 0. The summed E-state index contributed by atoms with van der Waals surface area (Å²) in [5.41, 5.74) is 0.320. The summed E-state index contributed by atoms with van der Waals surface area (Å²) in [5.74, 6) is -1.91. The molecule has 0 fully saturated rings. The van der Waals surface area contributed by atoms with E-state index in [9.17, 15) is 9.59 Å². The molecule has 1 rings (SSSR count). The fourth-order valence-corrected chi connectivity index (χ4v) is 1.33. The molecule has 2 N–H and O–H groups in total. The molecule has 1 atom stereocenters. The average molecular weight is 237 g/mol. The van der Waals surface area contributed by atoms with Gasteiger partial charge in [-0.2, -0.15) is 0 Å². The van der Waals surface area contributed by atoms with Gasteiger partial charge in [-0.1, -0.05) is 13.8 Å². The number of aliphatic carboxylic acids is 1. The first-order valence-electron chi connectivity index (χ1n) is 5.28. The zero-order valence-corrected chi connectivity index (χ0v) is 9.75. The minimum Gasteiger partial charge on any atom is -0.481 e. The lowest BCUT2D eigenvalue weighted by molar-refractivity contribution is -0.142. The first-order valence-corrected chi connectivity index (χ1v) is 5.28. The summed E-state index contributed by atoms with van der Waals surface area (Å²) in [6.07, 6.45) is 4.09. The van der Waals surface area contributed by atoms with E-state index >= 15 is 0 Å². The van der Waals surface area contributed by atoms with Crippen LogP contribution in [0.5, 0.6) is 0 Å². The largest absolute Gasteiger partial charge is 0.481 e. The number of hydrogen-bond donors (Lipinski definition) is 2. The van der Waals surface area contributed by atoms with Crippen LogP contribution in [0.3, 0.4) is 0 Å². The third kappa shape index (κ3) is 3.82. The van der Waals surface area contributed by atoms with Gasteiger partial charge < -0.3 is 10.4 Å². The van der Waals surface area contributed by atoms with Gasteiger partial charge in [0.05, 0.1) is 11.5 Å². The molecule has 0 aliphatic carbocycles. The molecule has 0 aliphatic heterocycles. The van der Waals surface area contributed by atoms with Gasteiger partial charge in [0.2, 0.25) is 0 Å². The van der Waals surface area contributed by atoms with Crippen molar-refractivity contribution in [3.05, 3.63) is 24.3 Å². The second kappa shape index (κ2) is 5.93. The molecule has 0 aromatic carbocycles. The number of carbonyl (C=O) groups excluding carboxylic acids is 1. The molecule has 1 amide bonds. The Morgan fingerprint density at radius 1 is 1.35 bits per heavy atom. The summed E-state index contributed by atoms with van der Waals surface area (Å²) in [4.78, 5) is 30.0. The number of carbonyl (C=O) groups is 2. The van der Waals surface area contributed by atoms with Crippen LogP contribution in [-0.2, 0) is 4.79 Å². The van der Waals surface area contributed by atoms with Crippen LogP contribution in [0.2, 0.25) is 0 Å². The number of rotatable bonds is 5. The quantitative estimate of drug-likeness (QED) is 0.780. The lowest BCUT2D eigenvalue weighted by Crippen LogP contribution is -2.35. The van der Waals surface area contributed by atoms with Gasteiger partial charge in [0.15, 0.2) is 0 Å². The van der Waals surface area contributed by atoms with Gasteiger partial charge in [0.25, 0.3) is 5.91 Å². The first-order chi connectivity index (χ1) is 8.02. The van der Waals surface area contributed by atoms with E-state index in [2.05, 4.69) is 15.3 Å². The number of carboxylic acid groups (broad SMARTS) is 1. The number of amides is 1. The SMILES string of the molecule is CC(C)C(CNC(=O)c1cncnc1)C(=O)O. The molecule has 6 nitrogen and oxygen atoms in total. The Labute approximate surface area is 99.1 Å². The Kier molecular flexibility index (Phi) is 4.56. The molecule has 1 aromatic heterocycles. The fourth-order valence-electron chi connectivity index (χ4n) is 1.33. The topological polar surface area (TPSA) is 92.2 Å². The maximum atomic E-state index is 11.6. The van der Waals surface area contributed by atoms with E-state index in [1.54, 1.807) is 13.8 Å². The van der Waals surface area contributed by atoms with Gasteiger partial charge in [-0.25, -0.2) is 9.97 Å². The molecule has 1 unspecified atom stereocenters. The smallest absolute Gasteiger partial charge is 0.308 e.